The van der Waals surface area contributed by atoms with Crippen molar-refractivity contribution in [2.45, 2.75) is 20.3 Å². The highest BCUT2D eigenvalue weighted by Crippen LogP contribution is 2.19. The van der Waals surface area contributed by atoms with Crippen LogP contribution in [0.4, 0.5) is 5.69 Å². The van der Waals surface area contributed by atoms with E-state index in [1.54, 1.807) is 19.1 Å². The molecule has 24 heavy (non-hydrogen) atoms. The molecule has 0 aliphatic heterocycles. The van der Waals surface area contributed by atoms with Gasteiger partial charge in [-0.3, -0.25) is 14.9 Å². The monoisotopic (exact) mass is 345 g/mol. The summed E-state index contributed by atoms with van der Waals surface area (Å²) < 4.78 is 0. The van der Waals surface area contributed by atoms with Crippen LogP contribution in [0.2, 0.25) is 5.02 Å². The SMILES string of the molecule is CCC(=NNC(=O)c1ccc([N+](=O)[O-])c(C)c1)c1cccc(Cl)c1. The van der Waals surface area contributed by atoms with Gasteiger partial charge < -0.3 is 0 Å². The number of hydrogen-bond donors (Lipinski definition) is 1. The number of aryl methyl sites for hydroxylation is 1. The average Bonchev–Trinajstić information content (AvgIpc) is 2.54. The summed E-state index contributed by atoms with van der Waals surface area (Å²) in [7, 11) is 0. The third-order valence-corrected chi connectivity index (χ3v) is 3.68. The van der Waals surface area contributed by atoms with Gasteiger partial charge in [0.25, 0.3) is 11.6 Å². The normalized spacial score (nSPS) is 11.2. The number of halogens is 1. The van der Waals surface area contributed by atoms with Gasteiger partial charge in [-0.25, -0.2) is 5.43 Å². The second kappa shape index (κ2) is 7.70. The van der Waals surface area contributed by atoms with E-state index in [2.05, 4.69) is 10.5 Å². The molecule has 2 aromatic rings. The van der Waals surface area contributed by atoms with E-state index in [1.165, 1.54) is 18.2 Å². The Bertz CT molecular complexity index is 818. The van der Waals surface area contributed by atoms with E-state index in [9.17, 15) is 14.9 Å². The highest BCUT2D eigenvalue weighted by molar-refractivity contribution is 6.31. The summed E-state index contributed by atoms with van der Waals surface area (Å²) in [6.45, 7) is 3.50. The summed E-state index contributed by atoms with van der Waals surface area (Å²) in [4.78, 5) is 22.5. The Labute approximate surface area is 144 Å². The van der Waals surface area contributed by atoms with Crippen LogP contribution in [-0.2, 0) is 0 Å². The van der Waals surface area contributed by atoms with E-state index in [-0.39, 0.29) is 5.69 Å². The number of hydrogen-bond acceptors (Lipinski definition) is 4. The molecule has 0 saturated heterocycles. The lowest BCUT2D eigenvalue weighted by Gasteiger charge is -2.06. The second-order valence-electron chi connectivity index (χ2n) is 5.12. The van der Waals surface area contributed by atoms with Crippen LogP contribution in [0.3, 0.4) is 0 Å². The third kappa shape index (κ3) is 4.17. The Balaban J connectivity index is 2.19. The Morgan fingerprint density at radius 3 is 2.58 bits per heavy atom. The van der Waals surface area contributed by atoms with Crippen molar-refractivity contribution in [2.24, 2.45) is 5.10 Å². The van der Waals surface area contributed by atoms with Crippen molar-refractivity contribution in [3.05, 3.63) is 74.3 Å². The molecule has 0 saturated carbocycles. The fourth-order valence-corrected chi connectivity index (χ4v) is 2.39. The standard InChI is InChI=1S/C17H16ClN3O3/c1-3-15(12-5-4-6-14(18)10-12)19-20-17(22)13-7-8-16(21(23)24)11(2)9-13/h4-10H,3H2,1-2H3,(H,20,22). The summed E-state index contributed by atoms with van der Waals surface area (Å²) in [6, 6.07) is 11.4. The summed E-state index contributed by atoms with van der Waals surface area (Å²) in [5.74, 6) is -0.430. The van der Waals surface area contributed by atoms with Gasteiger partial charge in [-0.05, 0) is 43.2 Å². The lowest BCUT2D eigenvalue weighted by atomic mass is 10.1. The van der Waals surface area contributed by atoms with Gasteiger partial charge in [-0.1, -0.05) is 30.7 Å². The van der Waals surface area contributed by atoms with E-state index in [4.69, 9.17) is 11.6 Å². The Morgan fingerprint density at radius 1 is 1.25 bits per heavy atom. The van der Waals surface area contributed by atoms with E-state index in [1.807, 2.05) is 19.1 Å². The Morgan fingerprint density at radius 2 is 2.00 bits per heavy atom. The van der Waals surface area contributed by atoms with Crippen molar-refractivity contribution in [1.29, 1.82) is 0 Å². The third-order valence-electron chi connectivity index (χ3n) is 3.44. The molecule has 0 bridgehead atoms. The molecule has 0 aromatic heterocycles. The van der Waals surface area contributed by atoms with Gasteiger partial charge in [0.1, 0.15) is 0 Å². The number of rotatable bonds is 5. The summed E-state index contributed by atoms with van der Waals surface area (Å²) in [6.07, 6.45) is 0.611. The number of nitro groups is 1. The van der Waals surface area contributed by atoms with Crippen molar-refractivity contribution >= 4 is 28.9 Å². The van der Waals surface area contributed by atoms with Crippen LogP contribution in [0.1, 0.15) is 34.8 Å². The van der Waals surface area contributed by atoms with Gasteiger partial charge in [0.05, 0.1) is 10.6 Å². The molecule has 0 fully saturated rings. The van der Waals surface area contributed by atoms with Gasteiger partial charge in [-0.15, -0.1) is 0 Å². The van der Waals surface area contributed by atoms with Crippen LogP contribution in [0, 0.1) is 17.0 Å². The molecule has 0 spiro atoms. The first kappa shape index (κ1) is 17.6. The van der Waals surface area contributed by atoms with Crippen molar-refractivity contribution in [2.75, 3.05) is 0 Å². The highest BCUT2D eigenvalue weighted by Gasteiger charge is 2.13. The van der Waals surface area contributed by atoms with Gasteiger partial charge in [0, 0.05) is 22.2 Å². The first-order chi connectivity index (χ1) is 11.4. The van der Waals surface area contributed by atoms with Gasteiger partial charge in [0.15, 0.2) is 0 Å². The topological polar surface area (TPSA) is 84.6 Å². The van der Waals surface area contributed by atoms with Gasteiger partial charge >= 0.3 is 0 Å². The maximum atomic E-state index is 12.2. The van der Waals surface area contributed by atoms with Crippen molar-refractivity contribution in [3.8, 4) is 0 Å². The van der Waals surface area contributed by atoms with Crippen molar-refractivity contribution in [1.82, 2.24) is 5.43 Å². The van der Waals surface area contributed by atoms with Crippen LogP contribution in [-0.4, -0.2) is 16.5 Å². The molecular formula is C17H16ClN3O3. The molecule has 6 nitrogen and oxygen atoms in total. The first-order valence-electron chi connectivity index (χ1n) is 7.30. The number of nitrogens with zero attached hydrogens (tertiary/aromatic N) is 2. The Hall–Kier alpha value is -2.73. The van der Waals surface area contributed by atoms with Crippen LogP contribution >= 0.6 is 11.6 Å². The summed E-state index contributed by atoms with van der Waals surface area (Å²) in [5.41, 5.74) is 4.69. The molecular weight excluding hydrogens is 330 g/mol. The van der Waals surface area contributed by atoms with E-state index in [0.29, 0.717) is 28.3 Å². The summed E-state index contributed by atoms with van der Waals surface area (Å²) >= 11 is 5.96. The van der Waals surface area contributed by atoms with Crippen LogP contribution < -0.4 is 5.43 Å². The number of carbonyl (C=O) groups excluding carboxylic acids is 1. The minimum absolute atomic E-state index is 0.0248. The molecule has 0 radical (unpaired) electrons. The molecule has 0 atom stereocenters. The molecule has 0 aliphatic carbocycles. The predicted octanol–water partition coefficient (Wildman–Crippen LogP) is 4.10. The maximum Gasteiger partial charge on any atom is 0.272 e. The van der Waals surface area contributed by atoms with Crippen LogP contribution in [0.25, 0.3) is 0 Å². The fraction of sp³-hybridized carbons (Fsp3) is 0.176. The molecule has 2 aromatic carbocycles. The molecule has 0 heterocycles. The van der Waals surface area contributed by atoms with Crippen LogP contribution in [0.15, 0.2) is 47.6 Å². The number of carbonyl (C=O) groups is 1. The predicted molar refractivity (Wildman–Crippen MR) is 93.6 cm³/mol. The zero-order valence-corrected chi connectivity index (χ0v) is 14.0. The number of benzene rings is 2. The van der Waals surface area contributed by atoms with Gasteiger partial charge in [0.2, 0.25) is 0 Å². The number of amides is 1. The van der Waals surface area contributed by atoms with E-state index >= 15 is 0 Å². The van der Waals surface area contributed by atoms with Crippen LogP contribution in [0.5, 0.6) is 0 Å². The number of nitro benzene ring substituents is 1. The maximum absolute atomic E-state index is 12.2. The molecule has 7 heteroatoms. The highest BCUT2D eigenvalue weighted by atomic mass is 35.5. The zero-order chi connectivity index (χ0) is 17.7. The zero-order valence-electron chi connectivity index (χ0n) is 13.2. The lowest BCUT2D eigenvalue weighted by Crippen LogP contribution is -2.20. The second-order valence-corrected chi connectivity index (χ2v) is 5.56. The molecule has 1 N–H and O–H groups in total. The number of hydrazone groups is 1. The van der Waals surface area contributed by atoms with Gasteiger partial charge in [-0.2, -0.15) is 5.10 Å². The molecule has 0 unspecified atom stereocenters. The fourth-order valence-electron chi connectivity index (χ4n) is 2.20. The molecule has 1 amide bonds. The quantitative estimate of drug-likeness (QED) is 0.503. The molecule has 124 valence electrons. The molecule has 2 rings (SSSR count). The smallest absolute Gasteiger partial charge is 0.267 e. The van der Waals surface area contributed by atoms with Crippen molar-refractivity contribution < 1.29 is 9.72 Å². The summed E-state index contributed by atoms with van der Waals surface area (Å²) in [5, 5.41) is 15.5. The van der Waals surface area contributed by atoms with Crippen molar-refractivity contribution in [3.63, 3.8) is 0 Å². The largest absolute Gasteiger partial charge is 0.272 e. The molecule has 0 aliphatic rings. The number of nitrogens with one attached hydrogen (secondary N) is 1. The van der Waals surface area contributed by atoms with E-state index in [0.717, 1.165) is 5.56 Å². The Kier molecular flexibility index (Phi) is 5.65. The van der Waals surface area contributed by atoms with E-state index < -0.39 is 10.8 Å². The lowest BCUT2D eigenvalue weighted by molar-refractivity contribution is -0.385. The minimum atomic E-state index is -0.483. The average molecular weight is 346 g/mol. The first-order valence-corrected chi connectivity index (χ1v) is 7.68. The minimum Gasteiger partial charge on any atom is -0.267 e.